The Hall–Kier alpha value is -1.53. The van der Waals surface area contributed by atoms with E-state index in [1.807, 2.05) is 0 Å². The molecule has 5 nitrogen and oxygen atoms in total. The van der Waals surface area contributed by atoms with Gasteiger partial charge in [0.2, 0.25) is 0 Å². The van der Waals surface area contributed by atoms with Crippen molar-refractivity contribution in [1.82, 2.24) is 10.3 Å². The number of piperidine rings is 1. The molecule has 1 saturated heterocycles. The molecule has 2 atom stereocenters. The van der Waals surface area contributed by atoms with E-state index in [1.54, 1.807) is 27.7 Å². The van der Waals surface area contributed by atoms with Crippen LogP contribution in [0, 0.1) is 18.2 Å². The van der Waals surface area contributed by atoms with Crippen LogP contribution in [-0.4, -0.2) is 35.3 Å². The lowest BCUT2D eigenvalue weighted by Crippen LogP contribution is -2.55. The van der Waals surface area contributed by atoms with Gasteiger partial charge in [-0.1, -0.05) is 0 Å². The number of carbonyl (C=O) groups is 1. The van der Waals surface area contributed by atoms with E-state index >= 15 is 0 Å². The van der Waals surface area contributed by atoms with E-state index in [4.69, 9.17) is 4.74 Å². The normalized spacial score (nSPS) is 25.8. The zero-order valence-electron chi connectivity index (χ0n) is 13.4. The highest BCUT2D eigenvalue weighted by atomic mass is 19.1. The Morgan fingerprint density at radius 2 is 2.18 bits per heavy atom. The second-order valence-electron chi connectivity index (χ2n) is 6.79. The molecule has 0 aromatic carbocycles. The van der Waals surface area contributed by atoms with E-state index < -0.39 is 28.9 Å². The summed E-state index contributed by atoms with van der Waals surface area (Å²) in [6, 6.07) is 2.73. The minimum atomic E-state index is -1.41. The van der Waals surface area contributed by atoms with Gasteiger partial charge in [0.05, 0.1) is 16.8 Å². The molecular weight excluding hydrogens is 287 g/mol. The van der Waals surface area contributed by atoms with Crippen LogP contribution in [0.2, 0.25) is 0 Å². The number of ether oxygens (including phenoxy) is 1. The third-order valence-electron chi connectivity index (χ3n) is 3.87. The molecular formula is C16H23FN2O3. The maximum absolute atomic E-state index is 13.4. The van der Waals surface area contributed by atoms with Crippen LogP contribution in [0.5, 0.6) is 0 Å². The lowest BCUT2D eigenvalue weighted by Gasteiger charge is -2.40. The average molecular weight is 310 g/mol. The van der Waals surface area contributed by atoms with Gasteiger partial charge in [-0.25, -0.2) is 4.39 Å². The number of hydrogen-bond donors (Lipinski definition) is 2. The highest BCUT2D eigenvalue weighted by Crippen LogP contribution is 2.33. The number of carbonyl (C=O) groups excluding carboxylic acids is 1. The summed E-state index contributed by atoms with van der Waals surface area (Å²) >= 11 is 0. The molecule has 0 amide bonds. The Kier molecular flexibility index (Phi) is 4.54. The maximum atomic E-state index is 13.4. The molecule has 2 heterocycles. The lowest BCUT2D eigenvalue weighted by molar-refractivity contribution is -0.180. The van der Waals surface area contributed by atoms with Gasteiger partial charge in [0, 0.05) is 6.54 Å². The predicted molar refractivity (Wildman–Crippen MR) is 79.7 cm³/mol. The summed E-state index contributed by atoms with van der Waals surface area (Å²) in [5.41, 5.74) is -1.53. The zero-order chi connectivity index (χ0) is 16.5. The van der Waals surface area contributed by atoms with Gasteiger partial charge in [-0.3, -0.25) is 9.78 Å². The van der Waals surface area contributed by atoms with Gasteiger partial charge in [0.15, 0.2) is 0 Å². The molecule has 2 N–H and O–H groups in total. The van der Waals surface area contributed by atoms with E-state index in [9.17, 15) is 14.3 Å². The van der Waals surface area contributed by atoms with Crippen molar-refractivity contribution in [3.8, 4) is 0 Å². The van der Waals surface area contributed by atoms with Crippen LogP contribution in [0.3, 0.4) is 0 Å². The van der Waals surface area contributed by atoms with E-state index in [2.05, 4.69) is 10.3 Å². The molecule has 0 radical (unpaired) electrons. The van der Waals surface area contributed by atoms with Gasteiger partial charge < -0.3 is 15.2 Å². The molecule has 1 aliphatic rings. The Bertz CT molecular complexity index is 571. The van der Waals surface area contributed by atoms with E-state index in [-0.39, 0.29) is 5.69 Å². The van der Waals surface area contributed by atoms with Gasteiger partial charge in [0.25, 0.3) is 0 Å². The van der Waals surface area contributed by atoms with Crippen molar-refractivity contribution < 1.29 is 19.0 Å². The Morgan fingerprint density at radius 3 is 2.77 bits per heavy atom. The van der Waals surface area contributed by atoms with Crippen molar-refractivity contribution >= 4 is 5.97 Å². The molecule has 122 valence electrons. The number of halogens is 1. The fraction of sp³-hybridized carbons (Fsp3) is 0.625. The van der Waals surface area contributed by atoms with Crippen LogP contribution in [0.4, 0.5) is 4.39 Å². The molecule has 0 unspecified atom stereocenters. The second-order valence-corrected chi connectivity index (χ2v) is 6.79. The van der Waals surface area contributed by atoms with Crippen molar-refractivity contribution in [3.05, 3.63) is 29.3 Å². The van der Waals surface area contributed by atoms with Gasteiger partial charge in [0.1, 0.15) is 17.5 Å². The van der Waals surface area contributed by atoms with E-state index in [0.29, 0.717) is 25.2 Å². The number of nitrogens with zero attached hydrogens (tertiary/aromatic N) is 1. The first kappa shape index (κ1) is 16.8. The quantitative estimate of drug-likeness (QED) is 0.813. The highest BCUT2D eigenvalue weighted by Gasteiger charge is 2.45. The van der Waals surface area contributed by atoms with Gasteiger partial charge in [-0.05, 0) is 52.8 Å². The summed E-state index contributed by atoms with van der Waals surface area (Å²) < 4.78 is 18.9. The standard InChI is InChI=1S/C16H23FN2O3/c1-10-11(17)5-6-12(19-10)16(21)7-8-18-9-13(16)22-14(20)15(2,3)4/h5-6,13,18,21H,7-9H2,1-4H3/t13-,16-/m0/s1. The van der Waals surface area contributed by atoms with Gasteiger partial charge in [-0.15, -0.1) is 0 Å². The maximum Gasteiger partial charge on any atom is 0.311 e. The predicted octanol–water partition coefficient (Wildman–Crippen LogP) is 1.67. The molecule has 1 aromatic rings. The Balaban J connectivity index is 2.31. The third-order valence-corrected chi connectivity index (χ3v) is 3.87. The minimum Gasteiger partial charge on any atom is -0.457 e. The first-order chi connectivity index (χ1) is 10.1. The van der Waals surface area contributed by atoms with Gasteiger partial charge in [-0.2, -0.15) is 0 Å². The fourth-order valence-corrected chi connectivity index (χ4v) is 2.37. The van der Waals surface area contributed by atoms with Crippen molar-refractivity contribution in [2.45, 2.75) is 45.8 Å². The number of pyridine rings is 1. The largest absolute Gasteiger partial charge is 0.457 e. The van der Waals surface area contributed by atoms with Gasteiger partial charge >= 0.3 is 5.97 Å². The molecule has 1 fully saturated rings. The summed E-state index contributed by atoms with van der Waals surface area (Å²) in [6.07, 6.45) is -0.419. The van der Waals surface area contributed by atoms with Crippen molar-refractivity contribution in [1.29, 1.82) is 0 Å². The number of aromatic nitrogens is 1. The number of rotatable bonds is 2. The van der Waals surface area contributed by atoms with Crippen molar-refractivity contribution in [2.24, 2.45) is 5.41 Å². The number of aliphatic hydroxyl groups is 1. The summed E-state index contributed by atoms with van der Waals surface area (Å²) in [4.78, 5) is 16.3. The molecule has 0 spiro atoms. The first-order valence-corrected chi connectivity index (χ1v) is 7.42. The Morgan fingerprint density at radius 1 is 1.50 bits per heavy atom. The molecule has 0 saturated carbocycles. The van der Waals surface area contributed by atoms with Crippen LogP contribution in [0.15, 0.2) is 12.1 Å². The molecule has 22 heavy (non-hydrogen) atoms. The summed E-state index contributed by atoms with van der Waals surface area (Å²) in [5, 5.41) is 14.1. The zero-order valence-corrected chi connectivity index (χ0v) is 13.4. The average Bonchev–Trinajstić information content (AvgIpc) is 2.43. The van der Waals surface area contributed by atoms with E-state index in [1.165, 1.54) is 12.1 Å². The van der Waals surface area contributed by atoms with Crippen LogP contribution in [-0.2, 0) is 15.1 Å². The van der Waals surface area contributed by atoms with Crippen LogP contribution in [0.1, 0.15) is 38.6 Å². The monoisotopic (exact) mass is 310 g/mol. The fourth-order valence-electron chi connectivity index (χ4n) is 2.37. The summed E-state index contributed by atoms with van der Waals surface area (Å²) in [6.45, 7) is 7.70. The number of hydrogen-bond acceptors (Lipinski definition) is 5. The SMILES string of the molecule is Cc1nc([C@@]2(O)CCNC[C@@H]2OC(=O)C(C)(C)C)ccc1F. The third kappa shape index (κ3) is 3.28. The van der Waals surface area contributed by atoms with Crippen LogP contribution >= 0.6 is 0 Å². The molecule has 0 aliphatic carbocycles. The van der Waals surface area contributed by atoms with Crippen LogP contribution in [0.25, 0.3) is 0 Å². The molecule has 6 heteroatoms. The molecule has 0 bridgehead atoms. The topological polar surface area (TPSA) is 71.5 Å². The van der Waals surface area contributed by atoms with Crippen molar-refractivity contribution in [3.63, 3.8) is 0 Å². The summed E-state index contributed by atoms with van der Waals surface area (Å²) in [7, 11) is 0. The smallest absolute Gasteiger partial charge is 0.311 e. The Labute approximate surface area is 129 Å². The number of esters is 1. The lowest BCUT2D eigenvalue weighted by atomic mass is 9.85. The van der Waals surface area contributed by atoms with Crippen molar-refractivity contribution in [2.75, 3.05) is 13.1 Å². The first-order valence-electron chi connectivity index (χ1n) is 7.42. The number of aryl methyl sites for hydroxylation is 1. The number of nitrogens with one attached hydrogen (secondary N) is 1. The highest BCUT2D eigenvalue weighted by molar-refractivity contribution is 5.75. The second kappa shape index (κ2) is 5.93. The minimum absolute atomic E-state index is 0.213. The molecule has 2 rings (SSSR count). The molecule has 1 aliphatic heterocycles. The summed E-state index contributed by atoms with van der Waals surface area (Å²) in [5.74, 6) is -0.817. The van der Waals surface area contributed by atoms with E-state index in [0.717, 1.165) is 0 Å². The van der Waals surface area contributed by atoms with Crippen LogP contribution < -0.4 is 5.32 Å². The molecule has 1 aromatic heterocycles.